The summed E-state index contributed by atoms with van der Waals surface area (Å²) in [5, 5.41) is 138. The molecule has 0 spiro atoms. The van der Waals surface area contributed by atoms with E-state index in [2.05, 4.69) is 37.2 Å². The molecule has 36 nitrogen and oxygen atoms in total. The summed E-state index contributed by atoms with van der Waals surface area (Å²) in [5.41, 5.74) is -2.10. The second kappa shape index (κ2) is 49.7. The van der Waals surface area contributed by atoms with Crippen molar-refractivity contribution in [1.82, 2.24) is 37.2 Å². The highest BCUT2D eigenvalue weighted by Crippen LogP contribution is 2.26. The van der Waals surface area contributed by atoms with Crippen LogP contribution in [0.5, 0.6) is 0 Å². The zero-order chi connectivity index (χ0) is 74.0. The van der Waals surface area contributed by atoms with Gasteiger partial charge in [-0.1, -0.05) is 20.8 Å². The first kappa shape index (κ1) is 89.3. The number of rotatable bonds is 53. The van der Waals surface area contributed by atoms with Crippen molar-refractivity contribution < 1.29 is 142 Å². The van der Waals surface area contributed by atoms with Gasteiger partial charge < -0.3 is 141 Å². The Labute approximate surface area is 582 Å². The Morgan fingerprint density at radius 3 is 0.860 bits per heavy atom. The van der Waals surface area contributed by atoms with Gasteiger partial charge in [0.1, 0.15) is 84.6 Å². The molecule has 580 valence electrons. The molecular formula is C64H115N7O29. The van der Waals surface area contributed by atoms with E-state index in [0.29, 0.717) is 57.8 Å². The number of hydrogen-bond acceptors (Lipinski definition) is 29. The van der Waals surface area contributed by atoms with Gasteiger partial charge in [-0.15, -0.1) is 0 Å². The lowest BCUT2D eigenvalue weighted by atomic mass is 9.88. The highest BCUT2D eigenvalue weighted by Gasteiger charge is 2.46. The van der Waals surface area contributed by atoms with Gasteiger partial charge in [0.2, 0.25) is 41.4 Å². The third kappa shape index (κ3) is 35.1. The summed E-state index contributed by atoms with van der Waals surface area (Å²) in [4.78, 5) is 103. The fourth-order valence-corrected chi connectivity index (χ4v) is 10.2. The molecule has 19 N–H and O–H groups in total. The fraction of sp³-hybridized carbons (Fsp3) is 0.875. The van der Waals surface area contributed by atoms with E-state index in [9.17, 15) is 99.6 Å². The maximum Gasteiger partial charge on any atom is 0.222 e. The predicted octanol–water partition coefficient (Wildman–Crippen LogP) is -6.33. The minimum Gasteiger partial charge on any atom is -0.394 e. The van der Waals surface area contributed by atoms with E-state index >= 15 is 0 Å². The van der Waals surface area contributed by atoms with E-state index < -0.39 is 129 Å². The second-order valence-electron chi connectivity index (χ2n) is 26.0. The number of nitrogens with one attached hydrogen (secondary N) is 7. The molecule has 6 unspecified atom stereocenters. The highest BCUT2D eigenvalue weighted by atomic mass is 16.7. The van der Waals surface area contributed by atoms with Crippen LogP contribution in [0.4, 0.5) is 0 Å². The lowest BCUT2D eigenvalue weighted by molar-refractivity contribution is -0.301. The quantitative estimate of drug-likeness (QED) is 0.0252. The van der Waals surface area contributed by atoms with Crippen LogP contribution in [-0.2, 0) is 81.0 Å². The average molecular weight is 1450 g/mol. The standard InChI is InChI=1S/C64H115N7O29/c1-63(2,3)43(75)14-10-18-50(82)71-64(37-92-31-19-47(79)68-25-11-22-65-44(76)15-4-7-28-95-60-57(89)54(86)51(83)40(34-72)98-60,38-93-32-20-48(80)69-26-12-23-66-45(77)16-5-8-29-96-61-58(90)55(87)52(84)41(35-73)99-61)39-94-33-21-49(81)70-27-13-24-67-46(78)17-6-9-30-97-62-59(91)56(88)53(85)42(36-74)100-62/h40-42,51-62,72-74,83-91H,4-39H2,1-3H3,(H,65,76)(H,66,77)(H,67,78)(H,68,79)(H,69,80)(H,70,81)(H,71,82)/t40?,41?,42?,51-,52-,53-,54+,55+,56+,57?,58?,59?,60+,61+,62+,64?/m1/s1. The van der Waals surface area contributed by atoms with Crippen molar-refractivity contribution >= 4 is 47.1 Å². The van der Waals surface area contributed by atoms with E-state index in [0.717, 1.165) is 0 Å². The monoisotopic (exact) mass is 1450 g/mol. The minimum atomic E-state index is -1.57. The number of carbonyl (C=O) groups excluding carboxylic acids is 8. The molecule has 3 rings (SSSR count). The van der Waals surface area contributed by atoms with Gasteiger partial charge in [0.25, 0.3) is 0 Å². The average Bonchev–Trinajstić information content (AvgIpc) is 0.830. The lowest BCUT2D eigenvalue weighted by Crippen LogP contribution is -2.59. The van der Waals surface area contributed by atoms with Crippen molar-refractivity contribution in [2.24, 2.45) is 5.41 Å². The van der Waals surface area contributed by atoms with Gasteiger partial charge in [-0.2, -0.15) is 0 Å². The van der Waals surface area contributed by atoms with Crippen LogP contribution in [0.25, 0.3) is 0 Å². The zero-order valence-corrected chi connectivity index (χ0v) is 57.9. The number of unbranched alkanes of at least 4 members (excludes halogenated alkanes) is 3. The fourth-order valence-electron chi connectivity index (χ4n) is 10.2. The molecule has 3 fully saturated rings. The number of carbonyl (C=O) groups is 8. The molecule has 0 aliphatic carbocycles. The smallest absolute Gasteiger partial charge is 0.222 e. The maximum absolute atomic E-state index is 13.7. The Hall–Kier alpha value is -4.88. The van der Waals surface area contributed by atoms with Crippen LogP contribution in [-0.4, -0.2) is 325 Å². The van der Waals surface area contributed by atoms with Crippen molar-refractivity contribution in [2.45, 2.75) is 234 Å². The third-order valence-electron chi connectivity index (χ3n) is 16.4. The van der Waals surface area contributed by atoms with Crippen LogP contribution >= 0.6 is 0 Å². The second-order valence-corrected chi connectivity index (χ2v) is 26.0. The van der Waals surface area contributed by atoms with Gasteiger partial charge in [-0.25, -0.2) is 0 Å². The molecule has 3 heterocycles. The molecule has 3 saturated heterocycles. The molecule has 36 heteroatoms. The summed E-state index contributed by atoms with van der Waals surface area (Å²) in [7, 11) is 0. The minimum absolute atomic E-state index is 0.0487. The van der Waals surface area contributed by atoms with Crippen molar-refractivity contribution in [2.75, 3.05) is 119 Å². The van der Waals surface area contributed by atoms with Crippen LogP contribution in [0.15, 0.2) is 0 Å². The molecule has 0 saturated carbocycles. The predicted molar refractivity (Wildman–Crippen MR) is 348 cm³/mol. The number of aliphatic hydroxyl groups excluding tert-OH is 12. The molecular weight excluding hydrogens is 1330 g/mol. The van der Waals surface area contributed by atoms with E-state index in [1.807, 2.05) is 0 Å². The summed E-state index contributed by atoms with van der Waals surface area (Å²) in [6.45, 7) is 3.85. The Balaban J connectivity index is 1.49. The molecule has 7 amide bonds. The number of amides is 7. The first-order chi connectivity index (χ1) is 47.7. The summed E-state index contributed by atoms with van der Waals surface area (Å²) in [6.07, 6.45) is -17.1. The van der Waals surface area contributed by atoms with Crippen LogP contribution in [0, 0.1) is 5.41 Å². The van der Waals surface area contributed by atoms with Crippen molar-refractivity contribution in [3.63, 3.8) is 0 Å². The van der Waals surface area contributed by atoms with E-state index in [1.54, 1.807) is 20.8 Å². The van der Waals surface area contributed by atoms with Gasteiger partial charge in [-0.05, 0) is 64.2 Å². The van der Waals surface area contributed by atoms with E-state index in [1.165, 1.54) is 0 Å². The Morgan fingerprint density at radius 1 is 0.320 bits per heavy atom. The van der Waals surface area contributed by atoms with Gasteiger partial charge in [0.05, 0.1) is 59.5 Å². The number of Topliss-reactive ketones (excluding diaryl/α,β-unsaturated/α-hetero) is 1. The van der Waals surface area contributed by atoms with Crippen LogP contribution in [0.3, 0.4) is 0 Å². The van der Waals surface area contributed by atoms with Crippen molar-refractivity contribution in [3.8, 4) is 0 Å². The molecule has 0 aromatic carbocycles. The van der Waals surface area contributed by atoms with Gasteiger partial charge in [-0.3, -0.25) is 38.4 Å². The normalized spacial score (nSPS) is 26.0. The molecule has 100 heavy (non-hydrogen) atoms. The zero-order valence-electron chi connectivity index (χ0n) is 57.9. The Morgan fingerprint density at radius 2 is 0.590 bits per heavy atom. The number of hydrogen-bond donors (Lipinski definition) is 19. The Kier molecular flexibility index (Phi) is 44.4. The molecule has 15 atom stereocenters. The van der Waals surface area contributed by atoms with Crippen LogP contribution < -0.4 is 37.2 Å². The molecule has 0 aromatic rings. The maximum atomic E-state index is 13.7. The first-order valence-electron chi connectivity index (χ1n) is 34.6. The molecule has 0 bridgehead atoms. The highest BCUT2D eigenvalue weighted by molar-refractivity contribution is 5.84. The summed E-state index contributed by atoms with van der Waals surface area (Å²) in [5.74, 6) is -2.44. The molecule has 3 aliphatic rings. The van der Waals surface area contributed by atoms with Crippen LogP contribution in [0.2, 0.25) is 0 Å². The molecule has 0 aromatic heterocycles. The summed E-state index contributed by atoms with van der Waals surface area (Å²) < 4.78 is 50.3. The summed E-state index contributed by atoms with van der Waals surface area (Å²) in [6, 6.07) is 0. The Bertz CT molecular complexity index is 2150. The van der Waals surface area contributed by atoms with Gasteiger partial charge in [0.15, 0.2) is 18.9 Å². The SMILES string of the molecule is CC(C)(C)C(=O)CCCC(=O)NC(COCCC(=O)NCCCNC(=O)CCCCO[C@H]1OC(CO)[C@@H](O)[C@H](O)C1O)(COCCC(=O)NCCCNC(=O)CCCCO[C@H]1OC(CO)[C@@H](O)[C@H](O)C1O)COCCC(=O)NCCCNC(=O)CCCCO[C@H]1OC(CO)[C@@H](O)[C@H](O)C1O. The third-order valence-corrected chi connectivity index (χ3v) is 16.4. The number of aliphatic hydroxyl groups is 12. The number of ether oxygens (including phenoxy) is 9. The topological polar surface area (TPSA) is 547 Å². The van der Waals surface area contributed by atoms with Gasteiger partial charge in [0, 0.05) is 116 Å². The summed E-state index contributed by atoms with van der Waals surface area (Å²) >= 11 is 0. The number of ketones is 1. The van der Waals surface area contributed by atoms with Crippen molar-refractivity contribution in [3.05, 3.63) is 0 Å². The van der Waals surface area contributed by atoms with Gasteiger partial charge >= 0.3 is 0 Å². The van der Waals surface area contributed by atoms with E-state index in [-0.39, 0.29) is 198 Å². The van der Waals surface area contributed by atoms with Crippen molar-refractivity contribution in [1.29, 1.82) is 0 Å². The lowest BCUT2D eigenvalue weighted by Gasteiger charge is -2.39. The molecule has 0 radical (unpaired) electrons. The van der Waals surface area contributed by atoms with Crippen LogP contribution in [0.1, 0.15) is 136 Å². The first-order valence-corrected chi connectivity index (χ1v) is 34.6. The van der Waals surface area contributed by atoms with E-state index in [4.69, 9.17) is 42.6 Å². The largest absolute Gasteiger partial charge is 0.394 e. The molecule has 3 aliphatic heterocycles.